The molecule has 0 fully saturated rings. The number of aryl methyl sites for hydroxylation is 1. The highest BCUT2D eigenvalue weighted by atomic mass is 17.2. The van der Waals surface area contributed by atoms with E-state index in [-0.39, 0.29) is 0 Å². The third-order valence-electron chi connectivity index (χ3n) is 2.81. The van der Waals surface area contributed by atoms with Crippen molar-refractivity contribution in [3.63, 3.8) is 0 Å². The van der Waals surface area contributed by atoms with Gasteiger partial charge >= 0.3 is 5.97 Å². The van der Waals surface area contributed by atoms with Gasteiger partial charge in [-0.25, -0.2) is 4.79 Å². The molecule has 18 heavy (non-hydrogen) atoms. The lowest BCUT2D eigenvalue weighted by Gasteiger charge is -2.04. The SMILES string of the molecule is CCCCCCOOC(=O)c1ccc(CC)cc1. The van der Waals surface area contributed by atoms with Crippen molar-refractivity contribution in [2.45, 2.75) is 46.0 Å². The van der Waals surface area contributed by atoms with Crippen LogP contribution in [0.25, 0.3) is 0 Å². The lowest BCUT2D eigenvalue weighted by molar-refractivity contribution is -0.241. The molecule has 0 saturated carbocycles. The van der Waals surface area contributed by atoms with Gasteiger partial charge in [-0.2, -0.15) is 4.89 Å². The molecule has 1 rings (SSSR count). The quantitative estimate of drug-likeness (QED) is 0.398. The van der Waals surface area contributed by atoms with Gasteiger partial charge in [0.1, 0.15) is 0 Å². The van der Waals surface area contributed by atoms with Crippen molar-refractivity contribution >= 4 is 5.97 Å². The molecular formula is C15H22O3. The van der Waals surface area contributed by atoms with Crippen LogP contribution in [-0.4, -0.2) is 12.6 Å². The molecule has 3 heteroatoms. The monoisotopic (exact) mass is 250 g/mol. The molecule has 0 bridgehead atoms. The van der Waals surface area contributed by atoms with Crippen molar-refractivity contribution in [2.24, 2.45) is 0 Å². The molecule has 0 radical (unpaired) electrons. The second kappa shape index (κ2) is 8.70. The van der Waals surface area contributed by atoms with Gasteiger partial charge in [0.15, 0.2) is 0 Å². The first-order valence-electron chi connectivity index (χ1n) is 6.70. The van der Waals surface area contributed by atoms with Gasteiger partial charge in [0.2, 0.25) is 0 Å². The van der Waals surface area contributed by atoms with Crippen LogP contribution in [-0.2, 0) is 16.2 Å². The van der Waals surface area contributed by atoms with Crippen molar-refractivity contribution in [1.82, 2.24) is 0 Å². The topological polar surface area (TPSA) is 35.5 Å². The molecular weight excluding hydrogens is 228 g/mol. The summed E-state index contributed by atoms with van der Waals surface area (Å²) < 4.78 is 0. The number of carbonyl (C=O) groups excluding carboxylic acids is 1. The molecule has 0 N–H and O–H groups in total. The van der Waals surface area contributed by atoms with Crippen molar-refractivity contribution in [3.8, 4) is 0 Å². The van der Waals surface area contributed by atoms with Gasteiger partial charge in [0, 0.05) is 0 Å². The maximum atomic E-state index is 11.6. The first-order valence-corrected chi connectivity index (χ1v) is 6.70. The molecule has 0 amide bonds. The number of hydrogen-bond acceptors (Lipinski definition) is 3. The van der Waals surface area contributed by atoms with Crippen LogP contribution in [0.4, 0.5) is 0 Å². The Morgan fingerprint density at radius 2 is 1.78 bits per heavy atom. The molecule has 0 heterocycles. The van der Waals surface area contributed by atoms with E-state index in [4.69, 9.17) is 9.78 Å². The van der Waals surface area contributed by atoms with Crippen LogP contribution in [0.3, 0.4) is 0 Å². The maximum Gasteiger partial charge on any atom is 0.373 e. The van der Waals surface area contributed by atoms with Gasteiger partial charge in [-0.1, -0.05) is 45.2 Å². The molecule has 1 aromatic carbocycles. The van der Waals surface area contributed by atoms with Crippen molar-refractivity contribution in [1.29, 1.82) is 0 Å². The zero-order chi connectivity index (χ0) is 13.2. The molecule has 3 nitrogen and oxygen atoms in total. The van der Waals surface area contributed by atoms with E-state index in [1.807, 2.05) is 12.1 Å². The average Bonchev–Trinajstić information content (AvgIpc) is 2.42. The van der Waals surface area contributed by atoms with E-state index in [9.17, 15) is 4.79 Å². The van der Waals surface area contributed by atoms with Crippen LogP contribution < -0.4 is 0 Å². The van der Waals surface area contributed by atoms with Crippen LogP contribution >= 0.6 is 0 Å². The molecule has 0 aliphatic carbocycles. The summed E-state index contributed by atoms with van der Waals surface area (Å²) in [7, 11) is 0. The Hall–Kier alpha value is -1.35. The normalized spacial score (nSPS) is 10.3. The third-order valence-corrected chi connectivity index (χ3v) is 2.81. The van der Waals surface area contributed by atoms with Gasteiger partial charge in [0.05, 0.1) is 12.2 Å². The van der Waals surface area contributed by atoms with Crippen molar-refractivity contribution in [2.75, 3.05) is 6.61 Å². The summed E-state index contributed by atoms with van der Waals surface area (Å²) in [5.74, 6) is -0.423. The fourth-order valence-electron chi connectivity index (χ4n) is 1.61. The average molecular weight is 250 g/mol. The van der Waals surface area contributed by atoms with Gasteiger partial charge in [-0.3, -0.25) is 4.89 Å². The molecule has 0 aliphatic heterocycles. The fourth-order valence-corrected chi connectivity index (χ4v) is 1.61. The Balaban J connectivity index is 2.23. The van der Waals surface area contributed by atoms with Crippen molar-refractivity contribution < 1.29 is 14.6 Å². The van der Waals surface area contributed by atoms with E-state index < -0.39 is 5.97 Å². The minimum atomic E-state index is -0.423. The molecule has 100 valence electrons. The molecule has 1 aromatic rings. The number of hydrogen-bond donors (Lipinski definition) is 0. The zero-order valence-electron chi connectivity index (χ0n) is 11.3. The molecule has 0 saturated heterocycles. The van der Waals surface area contributed by atoms with E-state index >= 15 is 0 Å². The molecule has 0 aromatic heterocycles. The van der Waals surface area contributed by atoms with E-state index in [1.54, 1.807) is 12.1 Å². The number of benzene rings is 1. The van der Waals surface area contributed by atoms with Crippen LogP contribution in [0, 0.1) is 0 Å². The lowest BCUT2D eigenvalue weighted by Crippen LogP contribution is -2.07. The van der Waals surface area contributed by atoms with Crippen LogP contribution in [0.2, 0.25) is 0 Å². The van der Waals surface area contributed by atoms with Gasteiger partial charge in [-0.15, -0.1) is 0 Å². The standard InChI is InChI=1S/C15H22O3/c1-3-5-6-7-12-17-18-15(16)14-10-8-13(4-2)9-11-14/h8-11H,3-7,12H2,1-2H3. The first kappa shape index (κ1) is 14.7. The van der Waals surface area contributed by atoms with Crippen LogP contribution in [0.15, 0.2) is 24.3 Å². The Morgan fingerprint density at radius 1 is 1.06 bits per heavy atom. The predicted molar refractivity (Wildman–Crippen MR) is 71.3 cm³/mol. The lowest BCUT2D eigenvalue weighted by atomic mass is 10.1. The minimum Gasteiger partial charge on any atom is -0.293 e. The summed E-state index contributed by atoms with van der Waals surface area (Å²) in [6, 6.07) is 7.39. The summed E-state index contributed by atoms with van der Waals surface area (Å²) in [5, 5.41) is 0. The highest BCUT2D eigenvalue weighted by Crippen LogP contribution is 2.07. The van der Waals surface area contributed by atoms with E-state index in [1.165, 1.54) is 18.4 Å². The number of carbonyl (C=O) groups is 1. The Kier molecular flexibility index (Phi) is 7.11. The largest absolute Gasteiger partial charge is 0.373 e. The van der Waals surface area contributed by atoms with Gasteiger partial charge in [-0.05, 0) is 30.5 Å². The molecule has 0 unspecified atom stereocenters. The van der Waals surface area contributed by atoms with Crippen molar-refractivity contribution in [3.05, 3.63) is 35.4 Å². The summed E-state index contributed by atoms with van der Waals surface area (Å²) in [6.45, 7) is 4.70. The van der Waals surface area contributed by atoms with E-state index in [0.29, 0.717) is 12.2 Å². The second-order valence-electron chi connectivity index (χ2n) is 4.30. The predicted octanol–water partition coefficient (Wildman–Crippen LogP) is 3.92. The smallest absolute Gasteiger partial charge is 0.293 e. The van der Waals surface area contributed by atoms with Gasteiger partial charge in [0.25, 0.3) is 0 Å². The summed E-state index contributed by atoms with van der Waals surface area (Å²) in [4.78, 5) is 21.2. The third kappa shape index (κ3) is 5.32. The van der Waals surface area contributed by atoms with Crippen LogP contribution in [0.5, 0.6) is 0 Å². The number of unbranched alkanes of at least 4 members (excludes halogenated alkanes) is 3. The number of rotatable bonds is 8. The summed E-state index contributed by atoms with van der Waals surface area (Å²) >= 11 is 0. The van der Waals surface area contributed by atoms with Crippen LogP contribution in [0.1, 0.15) is 55.5 Å². The Labute approximate surface area is 109 Å². The van der Waals surface area contributed by atoms with E-state index in [0.717, 1.165) is 19.3 Å². The summed E-state index contributed by atoms with van der Waals surface area (Å²) in [5.41, 5.74) is 1.73. The molecule has 0 atom stereocenters. The Bertz CT molecular complexity index is 343. The van der Waals surface area contributed by atoms with Gasteiger partial charge < -0.3 is 0 Å². The molecule has 0 spiro atoms. The Morgan fingerprint density at radius 3 is 2.39 bits per heavy atom. The fraction of sp³-hybridized carbons (Fsp3) is 0.533. The highest BCUT2D eigenvalue weighted by Gasteiger charge is 2.07. The van der Waals surface area contributed by atoms with E-state index in [2.05, 4.69) is 13.8 Å². The minimum absolute atomic E-state index is 0.423. The maximum absolute atomic E-state index is 11.6. The highest BCUT2D eigenvalue weighted by molar-refractivity contribution is 5.88. The first-order chi connectivity index (χ1) is 8.77. The molecule has 0 aliphatic rings. The second-order valence-corrected chi connectivity index (χ2v) is 4.30. The summed E-state index contributed by atoms with van der Waals surface area (Å²) in [6.07, 6.45) is 5.37. The zero-order valence-corrected chi connectivity index (χ0v) is 11.3.